The summed E-state index contributed by atoms with van der Waals surface area (Å²) < 4.78 is 5.09. The number of aliphatic carboxylic acids is 1. The van der Waals surface area contributed by atoms with Crippen LogP contribution in [0.5, 0.6) is 5.75 Å². The molecule has 0 saturated carbocycles. The highest BCUT2D eigenvalue weighted by Crippen LogP contribution is 2.21. The molecule has 1 aromatic rings. The Morgan fingerprint density at radius 3 is 2.38 bits per heavy atom. The molecule has 1 unspecified atom stereocenters. The number of nitrogens with zero attached hydrogens (tertiary/aromatic N) is 1. The normalized spacial score (nSPS) is 11.4. The number of amides is 1. The Kier molecular flexibility index (Phi) is 8.42. The molecule has 0 saturated heterocycles. The van der Waals surface area contributed by atoms with E-state index in [2.05, 4.69) is 5.32 Å². The Hall–Kier alpha value is -1.79. The van der Waals surface area contributed by atoms with Crippen LogP contribution in [0.4, 0.5) is 0 Å². The smallest absolute Gasteiger partial charge is 0.322 e. The van der Waals surface area contributed by atoms with E-state index in [-0.39, 0.29) is 37.4 Å². The van der Waals surface area contributed by atoms with Crippen molar-refractivity contribution in [2.45, 2.75) is 13.0 Å². The first-order valence-corrected chi connectivity index (χ1v) is 6.26. The zero-order chi connectivity index (χ0) is 15.1. The molecule has 118 valence electrons. The molecule has 0 radical (unpaired) electrons. The first-order chi connectivity index (χ1) is 9.43. The molecule has 21 heavy (non-hydrogen) atoms. The lowest BCUT2D eigenvalue weighted by Gasteiger charge is -2.24. The number of benzene rings is 1. The van der Waals surface area contributed by atoms with Crippen LogP contribution in [-0.4, -0.2) is 49.1 Å². The van der Waals surface area contributed by atoms with Gasteiger partial charge in [0.25, 0.3) is 0 Å². The van der Waals surface area contributed by atoms with Crippen LogP contribution in [0.15, 0.2) is 24.3 Å². The molecular formula is C14H21ClN2O4. The predicted octanol–water partition coefficient (Wildman–Crippen LogP) is 1.31. The summed E-state index contributed by atoms with van der Waals surface area (Å²) in [6, 6.07) is 7.65. The van der Waals surface area contributed by atoms with Crippen molar-refractivity contribution >= 4 is 24.3 Å². The van der Waals surface area contributed by atoms with E-state index in [0.717, 1.165) is 11.3 Å². The number of ether oxygens (including phenoxy) is 1. The van der Waals surface area contributed by atoms with Crippen molar-refractivity contribution in [3.8, 4) is 5.75 Å². The average molecular weight is 317 g/mol. The van der Waals surface area contributed by atoms with Crippen LogP contribution in [0, 0.1) is 0 Å². The number of methoxy groups -OCH3 is 1. The van der Waals surface area contributed by atoms with Gasteiger partial charge in [0.1, 0.15) is 12.3 Å². The Morgan fingerprint density at radius 1 is 1.33 bits per heavy atom. The minimum atomic E-state index is -1.05. The molecule has 0 heterocycles. The quantitative estimate of drug-likeness (QED) is 0.793. The molecule has 0 spiro atoms. The van der Waals surface area contributed by atoms with Crippen LogP contribution < -0.4 is 10.1 Å². The molecule has 6 nitrogen and oxygen atoms in total. The largest absolute Gasteiger partial charge is 0.497 e. The van der Waals surface area contributed by atoms with Crippen LogP contribution in [-0.2, 0) is 9.59 Å². The van der Waals surface area contributed by atoms with Crippen molar-refractivity contribution in [3.63, 3.8) is 0 Å². The van der Waals surface area contributed by atoms with Crippen LogP contribution in [0.3, 0.4) is 0 Å². The Labute approximate surface area is 130 Å². The fourth-order valence-electron chi connectivity index (χ4n) is 1.73. The zero-order valence-corrected chi connectivity index (χ0v) is 13.1. The molecule has 1 atom stereocenters. The van der Waals surface area contributed by atoms with Crippen molar-refractivity contribution < 1.29 is 19.4 Å². The number of halogens is 1. The highest BCUT2D eigenvalue weighted by atomic mass is 35.5. The van der Waals surface area contributed by atoms with E-state index < -0.39 is 5.97 Å². The van der Waals surface area contributed by atoms with Crippen LogP contribution >= 0.6 is 12.4 Å². The molecule has 7 heteroatoms. The highest BCUT2D eigenvalue weighted by molar-refractivity contribution is 5.85. The maximum atomic E-state index is 11.6. The molecule has 0 bridgehead atoms. The predicted molar refractivity (Wildman–Crippen MR) is 81.9 cm³/mol. The van der Waals surface area contributed by atoms with E-state index in [4.69, 9.17) is 9.84 Å². The summed E-state index contributed by atoms with van der Waals surface area (Å²) in [5.74, 6) is -0.581. The lowest BCUT2D eigenvalue weighted by Crippen LogP contribution is -2.38. The van der Waals surface area contributed by atoms with E-state index in [1.165, 1.54) is 0 Å². The van der Waals surface area contributed by atoms with Gasteiger partial charge in [-0.15, -0.1) is 12.4 Å². The topological polar surface area (TPSA) is 78.9 Å². The second-order valence-corrected chi connectivity index (χ2v) is 4.53. The number of rotatable bonds is 7. The molecule has 1 amide bonds. The summed E-state index contributed by atoms with van der Waals surface area (Å²) in [7, 11) is 3.42. The number of carboxylic acids is 1. The molecule has 2 N–H and O–H groups in total. The Morgan fingerprint density at radius 2 is 1.90 bits per heavy atom. The molecule has 1 rings (SSSR count). The maximum absolute atomic E-state index is 11.6. The van der Waals surface area contributed by atoms with Gasteiger partial charge in [-0.1, -0.05) is 12.1 Å². The van der Waals surface area contributed by atoms with Gasteiger partial charge in [-0.2, -0.15) is 0 Å². The SMILES string of the molecule is COc1ccc(C(C)N(C)CC(=O)NCC(=O)O)cc1.Cl. The molecule has 0 aliphatic heterocycles. The fourth-order valence-corrected chi connectivity index (χ4v) is 1.73. The third kappa shape index (κ3) is 6.46. The molecule has 1 aromatic carbocycles. The highest BCUT2D eigenvalue weighted by Gasteiger charge is 2.15. The lowest BCUT2D eigenvalue weighted by molar-refractivity contribution is -0.138. The minimum absolute atomic E-state index is 0. The third-order valence-electron chi connectivity index (χ3n) is 3.09. The van der Waals surface area contributed by atoms with Crippen molar-refractivity contribution in [1.29, 1.82) is 0 Å². The second kappa shape index (κ2) is 9.20. The van der Waals surface area contributed by atoms with Crippen molar-refractivity contribution in [1.82, 2.24) is 10.2 Å². The van der Waals surface area contributed by atoms with Crippen molar-refractivity contribution in [2.75, 3.05) is 27.2 Å². The van der Waals surface area contributed by atoms with Gasteiger partial charge >= 0.3 is 5.97 Å². The van der Waals surface area contributed by atoms with E-state index in [1.54, 1.807) is 7.11 Å². The third-order valence-corrected chi connectivity index (χ3v) is 3.09. The number of hydrogen-bond donors (Lipinski definition) is 2. The van der Waals surface area contributed by atoms with Gasteiger partial charge in [-0.25, -0.2) is 0 Å². The average Bonchev–Trinajstić information content (AvgIpc) is 2.44. The van der Waals surface area contributed by atoms with Gasteiger partial charge in [0.2, 0.25) is 5.91 Å². The number of likely N-dealkylation sites (N-methyl/N-ethyl adjacent to an activating group) is 1. The summed E-state index contributed by atoms with van der Waals surface area (Å²) in [6.45, 7) is 1.76. The van der Waals surface area contributed by atoms with Gasteiger partial charge in [0.05, 0.1) is 13.7 Å². The van der Waals surface area contributed by atoms with Crippen LogP contribution in [0.1, 0.15) is 18.5 Å². The maximum Gasteiger partial charge on any atom is 0.322 e. The van der Waals surface area contributed by atoms with Crippen LogP contribution in [0.25, 0.3) is 0 Å². The van der Waals surface area contributed by atoms with E-state index >= 15 is 0 Å². The van der Waals surface area contributed by atoms with Crippen molar-refractivity contribution in [3.05, 3.63) is 29.8 Å². The minimum Gasteiger partial charge on any atom is -0.497 e. The second-order valence-electron chi connectivity index (χ2n) is 4.53. The molecule has 0 aromatic heterocycles. The van der Waals surface area contributed by atoms with Crippen molar-refractivity contribution in [2.24, 2.45) is 0 Å². The molecular weight excluding hydrogens is 296 g/mol. The van der Waals surface area contributed by atoms with E-state index in [9.17, 15) is 9.59 Å². The number of nitrogens with one attached hydrogen (secondary N) is 1. The van der Waals surface area contributed by atoms with Gasteiger partial charge in [-0.05, 0) is 31.7 Å². The zero-order valence-electron chi connectivity index (χ0n) is 12.3. The number of hydrogen-bond acceptors (Lipinski definition) is 4. The fraction of sp³-hybridized carbons (Fsp3) is 0.429. The number of carbonyl (C=O) groups is 2. The van der Waals surface area contributed by atoms with Crippen LogP contribution in [0.2, 0.25) is 0 Å². The Bertz CT molecular complexity index is 465. The molecule has 0 aliphatic rings. The standard InChI is InChI=1S/C14H20N2O4.ClH/c1-10(11-4-6-12(20-3)7-5-11)16(2)9-13(17)15-8-14(18)19;/h4-7,10H,8-9H2,1-3H3,(H,15,17)(H,18,19);1H. The monoisotopic (exact) mass is 316 g/mol. The first kappa shape index (κ1) is 19.2. The summed E-state index contributed by atoms with van der Waals surface area (Å²) >= 11 is 0. The lowest BCUT2D eigenvalue weighted by atomic mass is 10.1. The summed E-state index contributed by atoms with van der Waals surface area (Å²) in [5, 5.41) is 10.8. The van der Waals surface area contributed by atoms with Gasteiger partial charge in [0.15, 0.2) is 0 Å². The summed E-state index contributed by atoms with van der Waals surface area (Å²) in [4.78, 5) is 23.8. The number of carbonyl (C=O) groups excluding carboxylic acids is 1. The Balaban J connectivity index is 0.00000400. The van der Waals surface area contributed by atoms with E-state index in [1.807, 2.05) is 43.1 Å². The van der Waals surface area contributed by atoms with Gasteiger partial charge in [-0.3, -0.25) is 14.5 Å². The van der Waals surface area contributed by atoms with Gasteiger partial charge < -0.3 is 15.2 Å². The summed E-state index contributed by atoms with van der Waals surface area (Å²) in [5.41, 5.74) is 1.05. The molecule has 0 aliphatic carbocycles. The number of carboxylic acid groups (broad SMARTS) is 1. The summed E-state index contributed by atoms with van der Waals surface area (Å²) in [6.07, 6.45) is 0. The first-order valence-electron chi connectivity index (χ1n) is 6.26. The molecule has 0 fully saturated rings. The van der Waals surface area contributed by atoms with Gasteiger partial charge in [0, 0.05) is 6.04 Å². The van der Waals surface area contributed by atoms with E-state index in [0.29, 0.717) is 0 Å².